The molecule has 2 aromatic rings. The van der Waals surface area contributed by atoms with Gasteiger partial charge in [-0.1, -0.05) is 42.5 Å². The van der Waals surface area contributed by atoms with Gasteiger partial charge in [-0.25, -0.2) is 4.39 Å². The van der Waals surface area contributed by atoms with Crippen LogP contribution in [-0.2, 0) is 6.54 Å². The van der Waals surface area contributed by atoms with Gasteiger partial charge >= 0.3 is 0 Å². The minimum absolute atomic E-state index is 0.284. The van der Waals surface area contributed by atoms with Crippen LogP contribution in [0, 0.1) is 5.82 Å². The zero-order chi connectivity index (χ0) is 13.7. The standard InChI is InChI=1S/C16H18FNO/c1-18(11-13-5-3-2-4-6-13)12-16(19)14-7-9-15(17)10-8-14/h2-10,16,19H,11-12H2,1H3. The first-order chi connectivity index (χ1) is 9.15. The summed E-state index contributed by atoms with van der Waals surface area (Å²) in [5.41, 5.74) is 1.94. The first-order valence-corrected chi connectivity index (χ1v) is 6.31. The van der Waals surface area contributed by atoms with Crippen LogP contribution in [0.1, 0.15) is 17.2 Å². The molecule has 0 aliphatic carbocycles. The van der Waals surface area contributed by atoms with Gasteiger partial charge < -0.3 is 5.11 Å². The Balaban J connectivity index is 1.91. The number of aliphatic hydroxyl groups is 1. The van der Waals surface area contributed by atoms with E-state index in [1.165, 1.54) is 17.7 Å². The highest BCUT2D eigenvalue weighted by molar-refractivity contribution is 5.19. The summed E-state index contributed by atoms with van der Waals surface area (Å²) in [6.07, 6.45) is -0.602. The quantitative estimate of drug-likeness (QED) is 0.892. The van der Waals surface area contributed by atoms with Crippen LogP contribution >= 0.6 is 0 Å². The van der Waals surface area contributed by atoms with E-state index in [1.807, 2.05) is 30.1 Å². The van der Waals surface area contributed by atoms with Crippen LogP contribution in [0.5, 0.6) is 0 Å². The van der Waals surface area contributed by atoms with Gasteiger partial charge in [0.1, 0.15) is 5.82 Å². The highest BCUT2D eigenvalue weighted by Gasteiger charge is 2.11. The van der Waals surface area contributed by atoms with Crippen LogP contribution in [0.4, 0.5) is 4.39 Å². The van der Waals surface area contributed by atoms with E-state index in [4.69, 9.17) is 0 Å². The van der Waals surface area contributed by atoms with E-state index in [0.29, 0.717) is 6.54 Å². The predicted octanol–water partition coefficient (Wildman–Crippen LogP) is 2.99. The molecule has 0 fully saturated rings. The maximum atomic E-state index is 12.8. The second kappa shape index (κ2) is 6.45. The number of hydrogen-bond donors (Lipinski definition) is 1. The number of likely N-dealkylation sites (N-methyl/N-ethyl adjacent to an activating group) is 1. The highest BCUT2D eigenvalue weighted by atomic mass is 19.1. The molecule has 0 aliphatic heterocycles. The molecule has 1 N–H and O–H groups in total. The second-order valence-electron chi connectivity index (χ2n) is 4.75. The highest BCUT2D eigenvalue weighted by Crippen LogP contribution is 2.15. The van der Waals surface area contributed by atoms with Crippen molar-refractivity contribution >= 4 is 0 Å². The molecule has 2 nitrogen and oxygen atoms in total. The Labute approximate surface area is 113 Å². The molecular weight excluding hydrogens is 241 g/mol. The van der Waals surface area contributed by atoms with Crippen molar-refractivity contribution in [3.63, 3.8) is 0 Å². The molecule has 1 unspecified atom stereocenters. The maximum Gasteiger partial charge on any atom is 0.123 e. The van der Waals surface area contributed by atoms with Crippen molar-refractivity contribution in [3.05, 3.63) is 71.5 Å². The summed E-state index contributed by atoms with van der Waals surface area (Å²) in [7, 11) is 1.96. The molecule has 0 radical (unpaired) electrons. The average Bonchev–Trinajstić information content (AvgIpc) is 2.40. The Bertz CT molecular complexity index is 498. The van der Waals surface area contributed by atoms with E-state index >= 15 is 0 Å². The molecule has 3 heteroatoms. The van der Waals surface area contributed by atoms with Crippen LogP contribution < -0.4 is 0 Å². The number of aliphatic hydroxyl groups excluding tert-OH is 1. The number of rotatable bonds is 5. The average molecular weight is 259 g/mol. The Morgan fingerprint density at radius 2 is 1.68 bits per heavy atom. The fourth-order valence-electron chi connectivity index (χ4n) is 2.05. The summed E-state index contributed by atoms with van der Waals surface area (Å²) in [6.45, 7) is 1.29. The fourth-order valence-corrected chi connectivity index (χ4v) is 2.05. The van der Waals surface area contributed by atoms with E-state index in [0.717, 1.165) is 12.1 Å². The first-order valence-electron chi connectivity index (χ1n) is 6.31. The zero-order valence-electron chi connectivity index (χ0n) is 11.0. The molecule has 0 heterocycles. The van der Waals surface area contributed by atoms with Gasteiger partial charge in [-0.2, -0.15) is 0 Å². The summed E-state index contributed by atoms with van der Waals surface area (Å²) < 4.78 is 12.8. The summed E-state index contributed by atoms with van der Waals surface area (Å²) in [5, 5.41) is 10.1. The monoisotopic (exact) mass is 259 g/mol. The van der Waals surface area contributed by atoms with Gasteiger partial charge in [0.05, 0.1) is 6.10 Å². The SMILES string of the molecule is CN(Cc1ccccc1)CC(O)c1ccc(F)cc1. The lowest BCUT2D eigenvalue weighted by Crippen LogP contribution is -2.24. The molecule has 100 valence electrons. The van der Waals surface area contributed by atoms with Crippen LogP contribution in [0.15, 0.2) is 54.6 Å². The number of halogens is 1. The normalized spacial score (nSPS) is 12.6. The van der Waals surface area contributed by atoms with Crippen LogP contribution in [0.25, 0.3) is 0 Å². The molecule has 0 spiro atoms. The van der Waals surface area contributed by atoms with Crippen molar-refractivity contribution in [2.75, 3.05) is 13.6 Å². The van der Waals surface area contributed by atoms with Crippen molar-refractivity contribution in [1.29, 1.82) is 0 Å². The van der Waals surface area contributed by atoms with Gasteiger partial charge in [-0.05, 0) is 30.3 Å². The largest absolute Gasteiger partial charge is 0.387 e. The summed E-state index contributed by atoms with van der Waals surface area (Å²) in [4.78, 5) is 2.04. The van der Waals surface area contributed by atoms with E-state index in [9.17, 15) is 9.50 Å². The Hall–Kier alpha value is -1.71. The molecular formula is C16H18FNO. The van der Waals surface area contributed by atoms with Gasteiger partial charge in [0, 0.05) is 13.1 Å². The summed E-state index contributed by atoms with van der Waals surface area (Å²) in [6, 6.07) is 16.1. The van der Waals surface area contributed by atoms with Crippen LogP contribution in [-0.4, -0.2) is 23.6 Å². The second-order valence-corrected chi connectivity index (χ2v) is 4.75. The molecule has 0 saturated heterocycles. The molecule has 19 heavy (non-hydrogen) atoms. The van der Waals surface area contributed by atoms with Gasteiger partial charge in [0.15, 0.2) is 0 Å². The smallest absolute Gasteiger partial charge is 0.123 e. The minimum Gasteiger partial charge on any atom is -0.387 e. The fraction of sp³-hybridized carbons (Fsp3) is 0.250. The van der Waals surface area contributed by atoms with E-state index in [2.05, 4.69) is 12.1 Å². The van der Waals surface area contributed by atoms with E-state index in [-0.39, 0.29) is 5.82 Å². The van der Waals surface area contributed by atoms with E-state index < -0.39 is 6.10 Å². The van der Waals surface area contributed by atoms with Crippen molar-refractivity contribution in [3.8, 4) is 0 Å². The summed E-state index contributed by atoms with van der Waals surface area (Å²) in [5.74, 6) is -0.284. The van der Waals surface area contributed by atoms with Gasteiger partial charge in [0.2, 0.25) is 0 Å². The number of nitrogens with zero attached hydrogens (tertiary/aromatic N) is 1. The first kappa shape index (κ1) is 13.7. The third-order valence-electron chi connectivity index (χ3n) is 3.03. The van der Waals surface area contributed by atoms with Crippen molar-refractivity contribution in [2.24, 2.45) is 0 Å². The number of hydrogen-bond acceptors (Lipinski definition) is 2. The topological polar surface area (TPSA) is 23.5 Å². The Morgan fingerprint density at radius 3 is 2.32 bits per heavy atom. The minimum atomic E-state index is -0.602. The molecule has 0 saturated carbocycles. The van der Waals surface area contributed by atoms with Gasteiger partial charge in [-0.15, -0.1) is 0 Å². The molecule has 0 bridgehead atoms. The number of benzene rings is 2. The molecule has 2 rings (SSSR count). The molecule has 0 amide bonds. The molecule has 0 aromatic heterocycles. The Kier molecular flexibility index (Phi) is 4.66. The third kappa shape index (κ3) is 4.16. The van der Waals surface area contributed by atoms with Gasteiger partial charge in [-0.3, -0.25) is 4.90 Å². The van der Waals surface area contributed by atoms with Crippen LogP contribution in [0.3, 0.4) is 0 Å². The maximum absolute atomic E-state index is 12.8. The van der Waals surface area contributed by atoms with Crippen LogP contribution in [0.2, 0.25) is 0 Å². The third-order valence-corrected chi connectivity index (χ3v) is 3.03. The lowest BCUT2D eigenvalue weighted by Gasteiger charge is -2.20. The molecule has 1 atom stereocenters. The zero-order valence-corrected chi connectivity index (χ0v) is 11.0. The Morgan fingerprint density at radius 1 is 1.05 bits per heavy atom. The lowest BCUT2D eigenvalue weighted by atomic mass is 10.1. The molecule has 2 aromatic carbocycles. The van der Waals surface area contributed by atoms with Crippen molar-refractivity contribution in [2.45, 2.75) is 12.6 Å². The van der Waals surface area contributed by atoms with Crippen molar-refractivity contribution in [1.82, 2.24) is 4.90 Å². The van der Waals surface area contributed by atoms with Crippen molar-refractivity contribution < 1.29 is 9.50 Å². The van der Waals surface area contributed by atoms with Gasteiger partial charge in [0.25, 0.3) is 0 Å². The summed E-state index contributed by atoms with van der Waals surface area (Å²) >= 11 is 0. The van der Waals surface area contributed by atoms with E-state index in [1.54, 1.807) is 12.1 Å². The molecule has 0 aliphatic rings. The predicted molar refractivity (Wildman–Crippen MR) is 74.1 cm³/mol. The lowest BCUT2D eigenvalue weighted by molar-refractivity contribution is 0.124.